The monoisotopic (exact) mass is 272 g/mol. The maximum Gasteiger partial charge on any atom is 0.0379 e. The number of nitrogens with one attached hydrogen (secondary N) is 1. The van der Waals surface area contributed by atoms with E-state index in [9.17, 15) is 0 Å². The van der Waals surface area contributed by atoms with Crippen molar-refractivity contribution in [2.45, 2.75) is 58.9 Å². The Morgan fingerprint density at radius 3 is 2.50 bits per heavy atom. The number of aromatic nitrogens is 1. The van der Waals surface area contributed by atoms with E-state index in [1.807, 2.05) is 0 Å². The molecule has 3 rings (SSSR count). The second-order valence-electron chi connectivity index (χ2n) is 6.96. The molecule has 0 amide bonds. The SMILES string of the molecule is CCNC(CC1CC2CCC1C2)c1cc(C)nc(C)c1. The van der Waals surface area contributed by atoms with E-state index in [2.05, 4.69) is 43.2 Å². The minimum atomic E-state index is 0.518. The average molecular weight is 272 g/mol. The lowest BCUT2D eigenvalue weighted by atomic mass is 9.82. The van der Waals surface area contributed by atoms with Crippen LogP contribution in [0.1, 0.15) is 62.0 Å². The topological polar surface area (TPSA) is 24.9 Å². The number of aryl methyl sites for hydroxylation is 2. The van der Waals surface area contributed by atoms with Crippen LogP contribution in [0, 0.1) is 31.6 Å². The third-order valence-corrected chi connectivity index (χ3v) is 5.38. The van der Waals surface area contributed by atoms with Gasteiger partial charge in [0.2, 0.25) is 0 Å². The molecule has 2 saturated carbocycles. The van der Waals surface area contributed by atoms with Crippen LogP contribution in [0.5, 0.6) is 0 Å². The summed E-state index contributed by atoms with van der Waals surface area (Å²) in [6, 6.07) is 5.06. The molecule has 2 bridgehead atoms. The first-order chi connectivity index (χ1) is 9.65. The quantitative estimate of drug-likeness (QED) is 0.870. The van der Waals surface area contributed by atoms with Gasteiger partial charge in [0.15, 0.2) is 0 Å². The van der Waals surface area contributed by atoms with Gasteiger partial charge >= 0.3 is 0 Å². The summed E-state index contributed by atoms with van der Waals surface area (Å²) in [5, 5.41) is 3.71. The van der Waals surface area contributed by atoms with Gasteiger partial charge in [-0.25, -0.2) is 0 Å². The molecule has 1 heterocycles. The van der Waals surface area contributed by atoms with Crippen LogP contribution in [0.15, 0.2) is 12.1 Å². The number of pyridine rings is 1. The molecule has 20 heavy (non-hydrogen) atoms. The highest BCUT2D eigenvalue weighted by atomic mass is 14.9. The van der Waals surface area contributed by atoms with E-state index in [4.69, 9.17) is 0 Å². The summed E-state index contributed by atoms with van der Waals surface area (Å²) in [7, 11) is 0. The highest BCUT2D eigenvalue weighted by Crippen LogP contribution is 2.50. The third-order valence-electron chi connectivity index (χ3n) is 5.38. The largest absolute Gasteiger partial charge is 0.310 e. The van der Waals surface area contributed by atoms with Crippen LogP contribution in [0.4, 0.5) is 0 Å². The van der Waals surface area contributed by atoms with Crippen molar-refractivity contribution in [3.63, 3.8) is 0 Å². The van der Waals surface area contributed by atoms with Crippen LogP contribution in [-0.4, -0.2) is 11.5 Å². The van der Waals surface area contributed by atoms with Crippen molar-refractivity contribution in [3.05, 3.63) is 29.1 Å². The molecule has 0 aliphatic heterocycles. The van der Waals surface area contributed by atoms with Gasteiger partial charge in [0.05, 0.1) is 0 Å². The van der Waals surface area contributed by atoms with Gasteiger partial charge < -0.3 is 5.32 Å². The summed E-state index contributed by atoms with van der Waals surface area (Å²) in [6.45, 7) is 7.48. The van der Waals surface area contributed by atoms with Gasteiger partial charge in [0, 0.05) is 17.4 Å². The number of nitrogens with zero attached hydrogens (tertiary/aromatic N) is 1. The highest BCUT2D eigenvalue weighted by molar-refractivity contribution is 5.24. The fourth-order valence-corrected chi connectivity index (χ4v) is 4.62. The maximum absolute atomic E-state index is 4.52. The predicted octanol–water partition coefficient (Wildman–Crippen LogP) is 4.18. The number of hydrogen-bond donors (Lipinski definition) is 1. The van der Waals surface area contributed by atoms with E-state index in [1.54, 1.807) is 0 Å². The number of hydrogen-bond acceptors (Lipinski definition) is 2. The number of rotatable bonds is 5. The Morgan fingerprint density at radius 2 is 1.95 bits per heavy atom. The zero-order valence-corrected chi connectivity index (χ0v) is 13.2. The molecule has 110 valence electrons. The fourth-order valence-electron chi connectivity index (χ4n) is 4.62. The van der Waals surface area contributed by atoms with E-state index in [0.29, 0.717) is 6.04 Å². The normalized spacial score (nSPS) is 29.9. The van der Waals surface area contributed by atoms with Gasteiger partial charge in [0.1, 0.15) is 0 Å². The van der Waals surface area contributed by atoms with Gasteiger partial charge in [0.25, 0.3) is 0 Å². The lowest BCUT2D eigenvalue weighted by Gasteiger charge is -2.28. The summed E-state index contributed by atoms with van der Waals surface area (Å²) in [4.78, 5) is 4.52. The maximum atomic E-state index is 4.52. The molecular weight excluding hydrogens is 244 g/mol. The van der Waals surface area contributed by atoms with Crippen molar-refractivity contribution in [2.24, 2.45) is 17.8 Å². The smallest absolute Gasteiger partial charge is 0.0379 e. The van der Waals surface area contributed by atoms with Crippen LogP contribution in [0.25, 0.3) is 0 Å². The molecule has 2 fully saturated rings. The molecule has 2 aliphatic rings. The molecule has 2 aliphatic carbocycles. The van der Waals surface area contributed by atoms with Crippen molar-refractivity contribution in [1.82, 2.24) is 10.3 Å². The van der Waals surface area contributed by atoms with Gasteiger partial charge in [-0.15, -0.1) is 0 Å². The Labute approximate surface area is 123 Å². The minimum absolute atomic E-state index is 0.518. The first-order valence-electron chi connectivity index (χ1n) is 8.34. The lowest BCUT2D eigenvalue weighted by molar-refractivity contribution is 0.280. The second-order valence-corrected chi connectivity index (χ2v) is 6.96. The summed E-state index contributed by atoms with van der Waals surface area (Å²) in [5.41, 5.74) is 3.74. The minimum Gasteiger partial charge on any atom is -0.310 e. The number of fused-ring (bicyclic) bond motifs is 2. The molecule has 1 aromatic heterocycles. The van der Waals surface area contributed by atoms with Crippen LogP contribution in [0.2, 0.25) is 0 Å². The summed E-state index contributed by atoms with van der Waals surface area (Å²) < 4.78 is 0. The first-order valence-corrected chi connectivity index (χ1v) is 8.34. The van der Waals surface area contributed by atoms with Crippen molar-refractivity contribution >= 4 is 0 Å². The van der Waals surface area contributed by atoms with E-state index in [1.165, 1.54) is 37.7 Å². The van der Waals surface area contributed by atoms with Crippen LogP contribution in [0.3, 0.4) is 0 Å². The van der Waals surface area contributed by atoms with E-state index in [0.717, 1.165) is 35.7 Å². The van der Waals surface area contributed by atoms with Crippen LogP contribution >= 0.6 is 0 Å². The second kappa shape index (κ2) is 5.85. The first kappa shape index (κ1) is 14.1. The molecule has 1 N–H and O–H groups in total. The van der Waals surface area contributed by atoms with Gasteiger partial charge in [-0.2, -0.15) is 0 Å². The summed E-state index contributed by atoms with van der Waals surface area (Å²) in [6.07, 6.45) is 7.30. The van der Waals surface area contributed by atoms with Crippen LogP contribution in [-0.2, 0) is 0 Å². The summed E-state index contributed by atoms with van der Waals surface area (Å²) >= 11 is 0. The Kier molecular flexibility index (Phi) is 4.11. The Bertz CT molecular complexity index is 448. The van der Waals surface area contributed by atoms with E-state index >= 15 is 0 Å². The molecule has 0 aromatic carbocycles. The Hall–Kier alpha value is -0.890. The molecule has 0 saturated heterocycles. The van der Waals surface area contributed by atoms with Gasteiger partial charge in [-0.05, 0) is 81.5 Å². The van der Waals surface area contributed by atoms with E-state index < -0.39 is 0 Å². The predicted molar refractivity (Wildman–Crippen MR) is 83.7 cm³/mol. The molecule has 2 nitrogen and oxygen atoms in total. The Morgan fingerprint density at radius 1 is 1.20 bits per heavy atom. The molecule has 0 spiro atoms. The van der Waals surface area contributed by atoms with Crippen LogP contribution < -0.4 is 5.32 Å². The highest BCUT2D eigenvalue weighted by Gasteiger charge is 2.40. The van der Waals surface area contributed by atoms with Gasteiger partial charge in [-0.1, -0.05) is 13.3 Å². The average Bonchev–Trinajstić information content (AvgIpc) is 2.99. The molecule has 0 radical (unpaired) electrons. The molecule has 1 aromatic rings. The molecule has 4 unspecified atom stereocenters. The Balaban J connectivity index is 1.74. The molecule has 4 atom stereocenters. The van der Waals surface area contributed by atoms with Crippen molar-refractivity contribution < 1.29 is 0 Å². The van der Waals surface area contributed by atoms with Gasteiger partial charge in [-0.3, -0.25) is 4.98 Å². The zero-order chi connectivity index (χ0) is 14.1. The standard InChI is InChI=1S/C18H28N2/c1-4-19-18(17-7-12(2)20-13(3)8-17)11-16-10-14-5-6-15(16)9-14/h7-8,14-16,18-19H,4-6,9-11H2,1-3H3. The van der Waals surface area contributed by atoms with E-state index in [-0.39, 0.29) is 0 Å². The fraction of sp³-hybridized carbons (Fsp3) is 0.722. The zero-order valence-electron chi connectivity index (χ0n) is 13.2. The molecular formula is C18H28N2. The van der Waals surface area contributed by atoms with Crippen molar-refractivity contribution in [1.29, 1.82) is 0 Å². The molecule has 2 heteroatoms. The third kappa shape index (κ3) is 2.90. The summed E-state index contributed by atoms with van der Waals surface area (Å²) in [5.74, 6) is 3.02. The van der Waals surface area contributed by atoms with Crippen molar-refractivity contribution in [3.8, 4) is 0 Å². The lowest BCUT2D eigenvalue weighted by Crippen LogP contribution is -2.25. The van der Waals surface area contributed by atoms with Crippen molar-refractivity contribution in [2.75, 3.05) is 6.54 Å².